The first-order chi connectivity index (χ1) is 32.8. The molecule has 0 spiro atoms. The second-order valence-corrected chi connectivity index (χ2v) is 16.4. The smallest absolute Gasteiger partial charge is 0.417 e. The van der Waals surface area contributed by atoms with E-state index in [1.807, 2.05) is 0 Å². The number of hydrogen-bond donors (Lipinski definition) is 4. The van der Waals surface area contributed by atoms with Crippen LogP contribution in [-0.2, 0) is 19.4 Å². The number of carbonyl (C=O) groups excluding carboxylic acids is 2. The number of nitrogens with zero attached hydrogens (tertiary/aromatic N) is 2. The lowest BCUT2D eigenvalue weighted by atomic mass is 9.93. The fourth-order valence-electron chi connectivity index (χ4n) is 8.45. The van der Waals surface area contributed by atoms with Crippen molar-refractivity contribution in [1.29, 1.82) is 0 Å². The molecule has 0 radical (unpaired) electrons. The highest BCUT2D eigenvalue weighted by atomic mass is 19.4. The molecule has 354 valence electrons. The van der Waals surface area contributed by atoms with Gasteiger partial charge in [0.2, 0.25) is 0 Å². The topological polar surface area (TPSA) is 211 Å². The quantitative estimate of drug-likeness (QED) is 0.101. The molecule has 2 aromatic heterocycles. The number of carboxylic acid groups (broad SMARTS) is 2. The van der Waals surface area contributed by atoms with Crippen LogP contribution in [-0.4, -0.2) is 43.1 Å². The highest BCUT2D eigenvalue weighted by Crippen LogP contribution is 2.42. The molecule has 0 saturated carbocycles. The predicted octanol–water partition coefficient (Wildman–Crippen LogP) is 8.64. The Morgan fingerprint density at radius 2 is 0.871 bits per heavy atom. The first kappa shape index (κ1) is 47.5. The summed E-state index contributed by atoms with van der Waals surface area (Å²) >= 11 is 0. The number of halogens is 6. The number of fused-ring (bicyclic) bond motifs is 2. The maximum atomic E-state index is 14.8. The van der Waals surface area contributed by atoms with Crippen LogP contribution in [0.15, 0.2) is 116 Å². The van der Waals surface area contributed by atoms with Gasteiger partial charge in [0.05, 0.1) is 60.6 Å². The van der Waals surface area contributed by atoms with Gasteiger partial charge in [0.15, 0.2) is 0 Å². The average molecular weight is 963 g/mol. The molecule has 4 N–H and O–H groups in total. The first-order valence-electron chi connectivity index (χ1n) is 20.5. The van der Waals surface area contributed by atoms with E-state index in [2.05, 4.69) is 10.6 Å². The molecule has 0 saturated heterocycles. The van der Waals surface area contributed by atoms with E-state index in [1.165, 1.54) is 32.2 Å². The second-order valence-electron chi connectivity index (χ2n) is 16.4. The summed E-state index contributed by atoms with van der Waals surface area (Å²) in [6.07, 6.45) is -9.99. The third-order valence-electron chi connectivity index (χ3n) is 11.8. The monoisotopic (exact) mass is 962 g/mol. The van der Waals surface area contributed by atoms with Gasteiger partial charge in [0, 0.05) is 18.4 Å². The van der Waals surface area contributed by atoms with E-state index in [9.17, 15) is 74.9 Å². The number of amides is 2. The van der Waals surface area contributed by atoms with E-state index in [0.29, 0.717) is 34.4 Å². The molecule has 2 heterocycles. The van der Waals surface area contributed by atoms with Crippen molar-refractivity contribution in [3.63, 3.8) is 0 Å². The average Bonchev–Trinajstić information content (AvgIpc) is 3.65. The Balaban J connectivity index is 1.09. The molecule has 14 nitrogen and oxygen atoms in total. The Bertz CT molecular complexity index is 3760. The van der Waals surface area contributed by atoms with Crippen LogP contribution in [0.2, 0.25) is 0 Å². The van der Waals surface area contributed by atoms with Crippen molar-refractivity contribution < 1.29 is 55.7 Å². The summed E-state index contributed by atoms with van der Waals surface area (Å²) in [6.45, 7) is 4.76. The summed E-state index contributed by atoms with van der Waals surface area (Å²) in [4.78, 5) is 104. The number of aromatic carboxylic acids is 2. The number of rotatable bonds is 9. The van der Waals surface area contributed by atoms with Crippen LogP contribution in [0.5, 0.6) is 0 Å². The Morgan fingerprint density at radius 1 is 0.471 bits per heavy atom. The summed E-state index contributed by atoms with van der Waals surface area (Å²) in [5, 5.41) is 23.8. The standard InChI is InChI=1S/C50H32F6N4O10/c1-21-5-9-27(22(2)13-21)29-11-7-25(15-39(29)49(51,52)53)58-42(62)32-18-37(47(67)68)31(17-38(32)48(69)70)41(61)57-24-6-10-28(23(3)14-24)30-12-8-26(16-40(30)50(54,55)56)60-45(65)35-19-33-34(20-36(35)46(60)66)44(64)59(4)43(33)63/h5-20H,1-4H3,(H,57,61)(H,58,62)(H,67,68)(H,69,70). The number of nitrogens with one attached hydrogen (secondary N) is 2. The van der Waals surface area contributed by atoms with E-state index < -0.39 is 109 Å². The normalized spacial score (nSPS) is 11.9. The van der Waals surface area contributed by atoms with E-state index in [4.69, 9.17) is 0 Å². The molecule has 70 heavy (non-hydrogen) atoms. The number of hydrogen-bond acceptors (Lipinski definition) is 8. The van der Waals surface area contributed by atoms with Crippen LogP contribution in [0.25, 0.3) is 49.5 Å². The fourth-order valence-corrected chi connectivity index (χ4v) is 8.45. The number of aromatic nitrogens is 2. The highest BCUT2D eigenvalue weighted by molar-refractivity contribution is 6.17. The Hall–Kier alpha value is -8.94. The zero-order valence-electron chi connectivity index (χ0n) is 36.6. The van der Waals surface area contributed by atoms with Crippen molar-refractivity contribution in [3.05, 3.63) is 189 Å². The van der Waals surface area contributed by atoms with Crippen LogP contribution in [0.4, 0.5) is 37.7 Å². The lowest BCUT2D eigenvalue weighted by Crippen LogP contribution is -2.24. The number of carbonyl (C=O) groups is 4. The molecule has 0 bridgehead atoms. The van der Waals surface area contributed by atoms with Crippen LogP contribution in [0, 0.1) is 20.8 Å². The number of carboxylic acids is 2. The molecule has 0 aliphatic heterocycles. The Labute approximate surface area is 388 Å². The predicted molar refractivity (Wildman–Crippen MR) is 245 cm³/mol. The summed E-state index contributed by atoms with van der Waals surface area (Å²) in [7, 11) is 1.21. The molecule has 0 atom stereocenters. The third kappa shape index (κ3) is 8.28. The third-order valence-corrected chi connectivity index (χ3v) is 11.8. The molecule has 0 fully saturated rings. The van der Waals surface area contributed by atoms with E-state index >= 15 is 0 Å². The van der Waals surface area contributed by atoms with E-state index in [-0.39, 0.29) is 49.5 Å². The van der Waals surface area contributed by atoms with Crippen molar-refractivity contribution in [3.8, 4) is 27.9 Å². The first-order valence-corrected chi connectivity index (χ1v) is 20.5. The van der Waals surface area contributed by atoms with Gasteiger partial charge in [-0.1, -0.05) is 42.0 Å². The minimum Gasteiger partial charge on any atom is -0.478 e. The van der Waals surface area contributed by atoms with Gasteiger partial charge in [-0.05, 0) is 115 Å². The molecule has 0 aliphatic rings. The number of anilines is 2. The number of alkyl halides is 6. The molecular weight excluding hydrogens is 931 g/mol. The molecule has 0 unspecified atom stereocenters. The molecular formula is C50H32F6N4O10. The van der Waals surface area contributed by atoms with Gasteiger partial charge in [-0.2, -0.15) is 26.3 Å². The number of benzene rings is 6. The van der Waals surface area contributed by atoms with Gasteiger partial charge in [0.25, 0.3) is 34.1 Å². The minimum absolute atomic E-state index is 0.0474. The van der Waals surface area contributed by atoms with Gasteiger partial charge < -0.3 is 20.8 Å². The zero-order valence-corrected chi connectivity index (χ0v) is 36.6. The summed E-state index contributed by atoms with van der Waals surface area (Å²) in [5.74, 6) is -6.20. The fraction of sp³-hybridized carbons (Fsp3) is 0.120. The van der Waals surface area contributed by atoms with Gasteiger partial charge in [-0.3, -0.25) is 33.3 Å². The SMILES string of the molecule is Cc1ccc(-c2ccc(NC(=O)c3cc(C(=O)O)c(C(=O)Nc4ccc(-c5ccc(-n6c(=O)c7cc8c(=O)n(C)c(=O)c8cc7c6=O)cc5C(F)(F)F)c(C)c4)cc3C(=O)O)cc2C(F)(F)F)c(C)c1. The van der Waals surface area contributed by atoms with Gasteiger partial charge in [0.1, 0.15) is 0 Å². The van der Waals surface area contributed by atoms with Crippen molar-refractivity contribution in [2.75, 3.05) is 10.6 Å². The van der Waals surface area contributed by atoms with Crippen LogP contribution >= 0.6 is 0 Å². The summed E-state index contributed by atoms with van der Waals surface area (Å²) in [6, 6.07) is 17.2. The van der Waals surface area contributed by atoms with Crippen LogP contribution < -0.4 is 32.9 Å². The molecule has 2 amide bonds. The van der Waals surface area contributed by atoms with Crippen molar-refractivity contribution >= 4 is 56.7 Å². The van der Waals surface area contributed by atoms with Gasteiger partial charge in [-0.25, -0.2) is 14.2 Å². The van der Waals surface area contributed by atoms with Crippen LogP contribution in [0.3, 0.4) is 0 Å². The molecule has 6 aromatic carbocycles. The van der Waals surface area contributed by atoms with Crippen molar-refractivity contribution in [2.24, 2.45) is 7.05 Å². The van der Waals surface area contributed by atoms with E-state index in [0.717, 1.165) is 52.6 Å². The zero-order chi connectivity index (χ0) is 51.0. The summed E-state index contributed by atoms with van der Waals surface area (Å²) < 4.78 is 88.6. The minimum atomic E-state index is -5.08. The Kier molecular flexibility index (Phi) is 11.5. The van der Waals surface area contributed by atoms with Crippen molar-refractivity contribution in [2.45, 2.75) is 33.1 Å². The molecule has 0 aliphatic carbocycles. The largest absolute Gasteiger partial charge is 0.478 e. The lowest BCUT2D eigenvalue weighted by Gasteiger charge is -2.18. The van der Waals surface area contributed by atoms with Crippen molar-refractivity contribution in [1.82, 2.24) is 9.13 Å². The maximum Gasteiger partial charge on any atom is 0.417 e. The second kappa shape index (κ2) is 17.0. The van der Waals surface area contributed by atoms with E-state index in [1.54, 1.807) is 26.0 Å². The lowest BCUT2D eigenvalue weighted by molar-refractivity contribution is -0.137. The number of aryl methyl sites for hydroxylation is 3. The van der Waals surface area contributed by atoms with Crippen LogP contribution in [0.1, 0.15) is 69.2 Å². The van der Waals surface area contributed by atoms with Gasteiger partial charge in [-0.15, -0.1) is 0 Å². The molecule has 8 aromatic rings. The highest BCUT2D eigenvalue weighted by Gasteiger charge is 2.36. The molecule has 20 heteroatoms. The maximum absolute atomic E-state index is 14.8. The Morgan fingerprint density at radius 3 is 1.31 bits per heavy atom. The van der Waals surface area contributed by atoms with Gasteiger partial charge >= 0.3 is 24.3 Å². The summed E-state index contributed by atoms with van der Waals surface area (Å²) in [5.41, 5.74) is -9.33. The molecule has 8 rings (SSSR count).